The van der Waals surface area contributed by atoms with Crippen molar-refractivity contribution in [3.63, 3.8) is 0 Å². The van der Waals surface area contributed by atoms with E-state index in [1.54, 1.807) is 13.0 Å². The molecule has 230 valence electrons. The molecule has 0 radical (unpaired) electrons. The van der Waals surface area contributed by atoms with Crippen molar-refractivity contribution in [3.05, 3.63) is 11.6 Å². The molecule has 2 aliphatic heterocycles. The molecule has 9 unspecified atom stereocenters. The van der Waals surface area contributed by atoms with E-state index in [0.717, 1.165) is 24.8 Å². The molecule has 10 heteroatoms. The molecule has 12 atom stereocenters. The topological polar surface area (TPSA) is 158 Å². The van der Waals surface area contributed by atoms with Crippen LogP contribution in [-0.4, -0.2) is 99.4 Å². The average molecular weight is 578 g/mol. The van der Waals surface area contributed by atoms with E-state index in [1.165, 1.54) is 0 Å². The Bertz CT molecular complexity index is 1070. The fourth-order valence-corrected chi connectivity index (χ4v) is 10.1. The van der Waals surface area contributed by atoms with E-state index in [9.17, 15) is 30.3 Å². The van der Waals surface area contributed by atoms with Gasteiger partial charge in [0.25, 0.3) is 0 Å². The molecular weight excluding hydrogens is 530 g/mol. The van der Waals surface area contributed by atoms with E-state index in [0.29, 0.717) is 45.1 Å². The van der Waals surface area contributed by atoms with Gasteiger partial charge in [0.2, 0.25) is 0 Å². The maximum atomic E-state index is 12.6. The maximum absolute atomic E-state index is 12.6. The summed E-state index contributed by atoms with van der Waals surface area (Å²) in [6.45, 7) is 4.39. The smallest absolute Gasteiger partial charge is 0.331 e. The fourth-order valence-electron chi connectivity index (χ4n) is 10.1. The molecule has 10 nitrogen and oxygen atoms in total. The van der Waals surface area contributed by atoms with Crippen LogP contribution in [0.4, 0.5) is 0 Å². The van der Waals surface area contributed by atoms with E-state index < -0.39 is 41.2 Å². The minimum atomic E-state index is -1.11. The van der Waals surface area contributed by atoms with Gasteiger partial charge in [-0.15, -0.1) is 0 Å². The van der Waals surface area contributed by atoms with Gasteiger partial charge in [-0.1, -0.05) is 6.92 Å². The molecule has 41 heavy (non-hydrogen) atoms. The van der Waals surface area contributed by atoms with E-state index in [1.807, 2.05) is 6.21 Å². The first-order chi connectivity index (χ1) is 19.5. The van der Waals surface area contributed by atoms with Crippen LogP contribution in [0, 0.1) is 28.6 Å². The molecular formula is C31H47NO9. The summed E-state index contributed by atoms with van der Waals surface area (Å²) in [7, 11) is 0. The second-order valence-electron chi connectivity index (χ2n) is 13.9. The van der Waals surface area contributed by atoms with Gasteiger partial charge < -0.3 is 39.7 Å². The standard InChI is InChI=1S/C31H47NO9/c1-18-27(36)24(34)14-26(40-18)41-20-3-8-29(17-32-11-12-33)22-4-7-28(2)21(19-13-25(35)39-16-19)6-10-31(28,38)23(22)5-9-30(29,37)15-20/h13,17-18,20-24,26-27,33-34,36-38H,3-12,14-16H2,1-2H3/t18?,20?,21-,22-,23?,24?,26?,27?,28?,29-,30?,31?/m0/s1. The monoisotopic (exact) mass is 577 g/mol. The number of nitrogens with zero attached hydrogens (tertiary/aromatic N) is 1. The summed E-state index contributed by atoms with van der Waals surface area (Å²) >= 11 is 0. The van der Waals surface area contributed by atoms with Crippen LogP contribution in [0.5, 0.6) is 0 Å². The minimum absolute atomic E-state index is 0.0137. The van der Waals surface area contributed by atoms with Gasteiger partial charge in [0, 0.05) is 36.0 Å². The first-order valence-corrected chi connectivity index (χ1v) is 15.6. The van der Waals surface area contributed by atoms with Crippen molar-refractivity contribution in [2.75, 3.05) is 19.8 Å². The first kappa shape index (κ1) is 29.7. The normalized spacial score (nSPS) is 51.6. The number of fused-ring (bicyclic) bond motifs is 5. The predicted octanol–water partition coefficient (Wildman–Crippen LogP) is 1.64. The number of carbonyl (C=O) groups excluding carboxylic acids is 1. The van der Waals surface area contributed by atoms with Gasteiger partial charge in [0.15, 0.2) is 6.29 Å². The number of aliphatic hydroxyl groups is 5. The summed E-state index contributed by atoms with van der Waals surface area (Å²) in [5.41, 5.74) is -2.09. The van der Waals surface area contributed by atoms with Crippen molar-refractivity contribution in [2.45, 2.75) is 120 Å². The third-order valence-corrected chi connectivity index (χ3v) is 12.2. The van der Waals surface area contributed by atoms with Gasteiger partial charge in [-0.2, -0.15) is 0 Å². The van der Waals surface area contributed by atoms with Crippen LogP contribution in [-0.2, 0) is 19.0 Å². The number of aliphatic hydroxyl groups excluding tert-OH is 3. The lowest BCUT2D eigenvalue weighted by Gasteiger charge is -2.66. The molecule has 4 saturated carbocycles. The average Bonchev–Trinajstić information content (AvgIpc) is 3.47. The van der Waals surface area contributed by atoms with Crippen molar-refractivity contribution in [1.82, 2.24) is 0 Å². The molecule has 0 spiro atoms. The molecule has 0 amide bonds. The molecule has 0 aromatic carbocycles. The Hall–Kier alpha value is -1.40. The van der Waals surface area contributed by atoms with Crippen LogP contribution in [0.2, 0.25) is 0 Å². The molecule has 5 fully saturated rings. The third kappa shape index (κ3) is 4.55. The van der Waals surface area contributed by atoms with Crippen molar-refractivity contribution in [1.29, 1.82) is 0 Å². The Labute approximate surface area is 241 Å². The second-order valence-corrected chi connectivity index (χ2v) is 13.9. The van der Waals surface area contributed by atoms with Crippen LogP contribution in [0.3, 0.4) is 0 Å². The molecule has 0 bridgehead atoms. The van der Waals surface area contributed by atoms with Crippen LogP contribution < -0.4 is 0 Å². The Balaban J connectivity index is 1.26. The molecule has 2 heterocycles. The Morgan fingerprint density at radius 1 is 1.10 bits per heavy atom. The van der Waals surface area contributed by atoms with Gasteiger partial charge in [0.05, 0.1) is 42.7 Å². The zero-order valence-corrected chi connectivity index (χ0v) is 24.3. The van der Waals surface area contributed by atoms with Crippen molar-refractivity contribution < 1.29 is 44.5 Å². The quantitative estimate of drug-likeness (QED) is 0.180. The zero-order valence-electron chi connectivity index (χ0n) is 24.3. The lowest BCUT2D eigenvalue weighted by Crippen LogP contribution is -2.69. The van der Waals surface area contributed by atoms with Crippen LogP contribution in [0.15, 0.2) is 16.6 Å². The largest absolute Gasteiger partial charge is 0.458 e. The highest BCUT2D eigenvalue weighted by atomic mass is 16.7. The summed E-state index contributed by atoms with van der Waals surface area (Å²) in [4.78, 5) is 16.5. The molecule has 0 aromatic heterocycles. The lowest BCUT2D eigenvalue weighted by atomic mass is 9.41. The van der Waals surface area contributed by atoms with Crippen molar-refractivity contribution >= 4 is 12.2 Å². The fraction of sp³-hybridized carbons (Fsp3) is 0.871. The van der Waals surface area contributed by atoms with Crippen LogP contribution in [0.1, 0.15) is 78.1 Å². The zero-order chi connectivity index (χ0) is 29.2. The third-order valence-electron chi connectivity index (χ3n) is 12.2. The Kier molecular flexibility index (Phi) is 7.70. The first-order valence-electron chi connectivity index (χ1n) is 15.6. The SMILES string of the molecule is CC1OC(OC2CC[C@]3(C=NCCO)[C@H]4CCC5(C)[C@H](C6=CC(=O)OC6)CCC5(O)C4CCC3(O)C2)CC(O)C1O. The second kappa shape index (κ2) is 10.6. The molecule has 5 N–H and O–H groups in total. The van der Waals surface area contributed by atoms with E-state index >= 15 is 0 Å². The van der Waals surface area contributed by atoms with Crippen LogP contribution >= 0.6 is 0 Å². The number of cyclic esters (lactones) is 1. The number of rotatable bonds is 6. The van der Waals surface area contributed by atoms with Gasteiger partial charge in [-0.3, -0.25) is 4.99 Å². The number of hydrogen-bond donors (Lipinski definition) is 5. The highest BCUT2D eigenvalue weighted by Crippen LogP contribution is 2.70. The van der Waals surface area contributed by atoms with Crippen molar-refractivity contribution in [2.24, 2.45) is 33.6 Å². The molecule has 0 aromatic rings. The van der Waals surface area contributed by atoms with Gasteiger partial charge in [-0.25, -0.2) is 4.79 Å². The highest BCUT2D eigenvalue weighted by molar-refractivity contribution is 5.85. The Morgan fingerprint density at radius 2 is 1.88 bits per heavy atom. The molecule has 4 aliphatic carbocycles. The summed E-state index contributed by atoms with van der Waals surface area (Å²) < 4.78 is 17.4. The van der Waals surface area contributed by atoms with Crippen molar-refractivity contribution in [3.8, 4) is 0 Å². The summed E-state index contributed by atoms with van der Waals surface area (Å²) in [5.74, 6) is -0.218. The molecule has 1 saturated heterocycles. The van der Waals surface area contributed by atoms with E-state index in [-0.39, 0.29) is 54.8 Å². The lowest BCUT2D eigenvalue weighted by molar-refractivity contribution is -0.282. The maximum Gasteiger partial charge on any atom is 0.331 e. The van der Waals surface area contributed by atoms with E-state index in [4.69, 9.17) is 14.2 Å². The van der Waals surface area contributed by atoms with Gasteiger partial charge >= 0.3 is 5.97 Å². The molecule has 6 aliphatic rings. The Morgan fingerprint density at radius 3 is 2.59 bits per heavy atom. The summed E-state index contributed by atoms with van der Waals surface area (Å²) in [5, 5.41) is 54.8. The number of ether oxygens (including phenoxy) is 3. The van der Waals surface area contributed by atoms with Crippen LogP contribution in [0.25, 0.3) is 0 Å². The van der Waals surface area contributed by atoms with Gasteiger partial charge in [0.1, 0.15) is 12.7 Å². The van der Waals surface area contributed by atoms with Gasteiger partial charge in [-0.05, 0) is 81.6 Å². The van der Waals surface area contributed by atoms with E-state index in [2.05, 4.69) is 11.9 Å². The molecule has 6 rings (SSSR count). The highest BCUT2D eigenvalue weighted by Gasteiger charge is 2.71. The number of esters is 1. The summed E-state index contributed by atoms with van der Waals surface area (Å²) in [6.07, 6.45) is 6.25. The minimum Gasteiger partial charge on any atom is -0.458 e. The predicted molar refractivity (Wildman–Crippen MR) is 148 cm³/mol. The summed E-state index contributed by atoms with van der Waals surface area (Å²) in [6, 6.07) is 0. The number of hydrogen-bond acceptors (Lipinski definition) is 10. The number of aliphatic imine (C=N–C) groups is 1. The number of carbonyl (C=O) groups is 1.